The smallest absolute Gasteiger partial charge is 0.338 e. The van der Waals surface area contributed by atoms with Gasteiger partial charge in [-0.2, -0.15) is 0 Å². The van der Waals surface area contributed by atoms with Crippen molar-refractivity contribution in [1.29, 1.82) is 0 Å². The second-order valence-electron chi connectivity index (χ2n) is 6.80. The van der Waals surface area contributed by atoms with E-state index in [2.05, 4.69) is 5.32 Å². The van der Waals surface area contributed by atoms with Gasteiger partial charge in [-0.15, -0.1) is 0 Å². The van der Waals surface area contributed by atoms with Gasteiger partial charge in [-0.3, -0.25) is 0 Å². The number of allylic oxidation sites excluding steroid dienone is 1. The molecule has 2 aromatic carbocycles. The highest BCUT2D eigenvalue weighted by Crippen LogP contribution is 2.39. The van der Waals surface area contributed by atoms with Crippen LogP contribution in [0.25, 0.3) is 10.8 Å². The van der Waals surface area contributed by atoms with E-state index in [1.165, 1.54) is 4.90 Å². The summed E-state index contributed by atoms with van der Waals surface area (Å²) in [6.07, 6.45) is -0.268. The summed E-state index contributed by atoms with van der Waals surface area (Å²) in [5.41, 5.74) is 1.71. The number of ether oxygens (including phenoxy) is 2. The quantitative estimate of drug-likeness (QED) is 0.834. The SMILES string of the molecule is COc1ccc2ccccc2c1[C@H]1NC(=O)N(C)C(C)=C1C(=O)OC(C)C. The van der Waals surface area contributed by atoms with E-state index < -0.39 is 12.0 Å². The lowest BCUT2D eigenvalue weighted by Crippen LogP contribution is -2.46. The molecule has 1 heterocycles. The van der Waals surface area contributed by atoms with Gasteiger partial charge in [-0.25, -0.2) is 9.59 Å². The summed E-state index contributed by atoms with van der Waals surface area (Å²) >= 11 is 0. The van der Waals surface area contributed by atoms with Gasteiger partial charge < -0.3 is 19.7 Å². The number of hydrogen-bond acceptors (Lipinski definition) is 4. The number of hydrogen-bond donors (Lipinski definition) is 1. The van der Waals surface area contributed by atoms with E-state index in [1.54, 1.807) is 34.9 Å². The molecule has 0 unspecified atom stereocenters. The fraction of sp³-hybridized carbons (Fsp3) is 0.333. The standard InChI is InChI=1S/C21H24N2O4/c1-12(2)27-20(24)17-13(3)23(4)21(25)22-19(17)18-15-9-7-6-8-14(15)10-11-16(18)26-5/h6-12,19H,1-5H3,(H,22,25)/t19-/m0/s1. The van der Waals surface area contributed by atoms with Crippen molar-refractivity contribution in [3.63, 3.8) is 0 Å². The van der Waals surface area contributed by atoms with E-state index in [9.17, 15) is 9.59 Å². The number of rotatable bonds is 4. The molecule has 0 bridgehead atoms. The summed E-state index contributed by atoms with van der Waals surface area (Å²) in [5.74, 6) is 0.153. The first-order chi connectivity index (χ1) is 12.8. The van der Waals surface area contributed by atoms with Crippen LogP contribution in [0.3, 0.4) is 0 Å². The van der Waals surface area contributed by atoms with Crippen LogP contribution in [0.1, 0.15) is 32.4 Å². The van der Waals surface area contributed by atoms with Gasteiger partial charge in [0.15, 0.2) is 0 Å². The molecule has 0 saturated carbocycles. The van der Waals surface area contributed by atoms with Crippen LogP contribution in [-0.4, -0.2) is 37.2 Å². The number of urea groups is 1. The van der Waals surface area contributed by atoms with Crippen molar-refractivity contribution < 1.29 is 19.1 Å². The van der Waals surface area contributed by atoms with Gasteiger partial charge in [-0.1, -0.05) is 30.3 Å². The van der Waals surface area contributed by atoms with Crippen LogP contribution >= 0.6 is 0 Å². The molecule has 1 aliphatic rings. The fourth-order valence-corrected chi connectivity index (χ4v) is 3.35. The predicted octanol–water partition coefficient (Wildman–Crippen LogP) is 3.77. The Morgan fingerprint density at radius 2 is 1.89 bits per heavy atom. The van der Waals surface area contributed by atoms with Crippen LogP contribution in [0.15, 0.2) is 47.7 Å². The van der Waals surface area contributed by atoms with Crippen molar-refractivity contribution in [2.24, 2.45) is 0 Å². The lowest BCUT2D eigenvalue weighted by Gasteiger charge is -2.34. The third-order valence-corrected chi connectivity index (χ3v) is 4.76. The highest BCUT2D eigenvalue weighted by Gasteiger charge is 2.37. The van der Waals surface area contributed by atoms with Crippen molar-refractivity contribution >= 4 is 22.8 Å². The molecule has 0 aliphatic carbocycles. The van der Waals surface area contributed by atoms with E-state index in [4.69, 9.17) is 9.47 Å². The van der Waals surface area contributed by atoms with E-state index in [-0.39, 0.29) is 12.1 Å². The number of benzene rings is 2. The molecule has 2 amide bonds. The Morgan fingerprint density at radius 3 is 2.56 bits per heavy atom. The minimum absolute atomic E-state index is 0.268. The van der Waals surface area contributed by atoms with Crippen LogP contribution in [0.5, 0.6) is 5.75 Å². The number of carbonyl (C=O) groups is 2. The van der Waals surface area contributed by atoms with Crippen LogP contribution in [0.4, 0.5) is 4.79 Å². The van der Waals surface area contributed by atoms with Crippen molar-refractivity contribution in [3.05, 3.63) is 53.2 Å². The second kappa shape index (κ2) is 7.31. The van der Waals surface area contributed by atoms with Crippen molar-refractivity contribution in [2.45, 2.75) is 32.9 Å². The minimum Gasteiger partial charge on any atom is -0.496 e. The average molecular weight is 368 g/mol. The maximum atomic E-state index is 12.9. The molecule has 6 nitrogen and oxygen atoms in total. The predicted molar refractivity (Wildman–Crippen MR) is 103 cm³/mol. The summed E-state index contributed by atoms with van der Waals surface area (Å²) in [4.78, 5) is 26.8. The second-order valence-corrected chi connectivity index (χ2v) is 6.80. The third-order valence-electron chi connectivity index (χ3n) is 4.76. The highest BCUT2D eigenvalue weighted by molar-refractivity contribution is 5.98. The molecule has 0 spiro atoms. The molecule has 142 valence electrons. The molecular formula is C21H24N2O4. The molecule has 0 saturated heterocycles. The Balaban J connectivity index is 2.26. The Hall–Kier alpha value is -3.02. The van der Waals surface area contributed by atoms with E-state index in [0.717, 1.165) is 16.3 Å². The minimum atomic E-state index is -0.666. The Morgan fingerprint density at radius 1 is 1.19 bits per heavy atom. The lowest BCUT2D eigenvalue weighted by molar-refractivity contribution is -0.143. The largest absolute Gasteiger partial charge is 0.496 e. The zero-order valence-corrected chi connectivity index (χ0v) is 16.2. The maximum absolute atomic E-state index is 12.9. The summed E-state index contributed by atoms with van der Waals surface area (Å²) in [6, 6.07) is 10.7. The van der Waals surface area contributed by atoms with Gasteiger partial charge in [0.2, 0.25) is 0 Å². The van der Waals surface area contributed by atoms with Gasteiger partial charge in [0, 0.05) is 18.3 Å². The normalized spacial score (nSPS) is 17.3. The highest BCUT2D eigenvalue weighted by atomic mass is 16.5. The van der Waals surface area contributed by atoms with Crippen LogP contribution in [-0.2, 0) is 9.53 Å². The zero-order chi connectivity index (χ0) is 19.7. The summed E-state index contributed by atoms with van der Waals surface area (Å²) in [7, 11) is 3.21. The number of amides is 2. The topological polar surface area (TPSA) is 67.9 Å². The molecule has 0 fully saturated rings. The van der Waals surface area contributed by atoms with Crippen molar-refractivity contribution in [2.75, 3.05) is 14.2 Å². The number of fused-ring (bicyclic) bond motifs is 1. The molecule has 6 heteroatoms. The molecular weight excluding hydrogens is 344 g/mol. The Kier molecular flexibility index (Phi) is 5.08. The van der Waals surface area contributed by atoms with Gasteiger partial charge in [0.25, 0.3) is 0 Å². The van der Waals surface area contributed by atoms with Crippen molar-refractivity contribution in [3.8, 4) is 5.75 Å². The molecule has 2 aromatic rings. The van der Waals surface area contributed by atoms with Gasteiger partial charge in [0.05, 0.1) is 24.8 Å². The van der Waals surface area contributed by atoms with Crippen LogP contribution in [0.2, 0.25) is 0 Å². The maximum Gasteiger partial charge on any atom is 0.338 e. The summed E-state index contributed by atoms with van der Waals surface area (Å²) in [6.45, 7) is 5.35. The first-order valence-electron chi connectivity index (χ1n) is 8.86. The van der Waals surface area contributed by atoms with Crippen LogP contribution in [0, 0.1) is 0 Å². The fourth-order valence-electron chi connectivity index (χ4n) is 3.35. The molecule has 1 atom stereocenters. The van der Waals surface area contributed by atoms with Crippen LogP contribution < -0.4 is 10.1 Å². The zero-order valence-electron chi connectivity index (χ0n) is 16.2. The summed E-state index contributed by atoms with van der Waals surface area (Å²) < 4.78 is 11.0. The monoisotopic (exact) mass is 368 g/mol. The van der Waals surface area contributed by atoms with E-state index in [1.807, 2.05) is 36.4 Å². The Bertz CT molecular complexity index is 933. The summed E-state index contributed by atoms with van der Waals surface area (Å²) in [5, 5.41) is 4.84. The first kappa shape index (κ1) is 18.8. The van der Waals surface area contributed by atoms with Gasteiger partial charge >= 0.3 is 12.0 Å². The Labute approximate surface area is 158 Å². The van der Waals surface area contributed by atoms with E-state index in [0.29, 0.717) is 17.0 Å². The number of carbonyl (C=O) groups excluding carboxylic acids is 2. The number of esters is 1. The van der Waals surface area contributed by atoms with Gasteiger partial charge in [-0.05, 0) is 37.6 Å². The van der Waals surface area contributed by atoms with Crippen molar-refractivity contribution in [1.82, 2.24) is 10.2 Å². The van der Waals surface area contributed by atoms with Gasteiger partial charge in [0.1, 0.15) is 5.75 Å². The number of nitrogens with one attached hydrogen (secondary N) is 1. The molecule has 27 heavy (non-hydrogen) atoms. The first-order valence-corrected chi connectivity index (χ1v) is 8.86. The molecule has 0 aromatic heterocycles. The average Bonchev–Trinajstić information content (AvgIpc) is 2.64. The van der Waals surface area contributed by atoms with E-state index >= 15 is 0 Å². The molecule has 0 radical (unpaired) electrons. The molecule has 1 N–H and O–H groups in total. The molecule has 3 rings (SSSR count). The number of methoxy groups -OCH3 is 1. The third kappa shape index (κ3) is 3.35. The molecule has 1 aliphatic heterocycles. The lowest BCUT2D eigenvalue weighted by atomic mass is 9.90. The number of nitrogens with zero attached hydrogens (tertiary/aromatic N) is 1.